The molecule has 4 heteroatoms. The molecule has 1 aliphatic rings. The first-order chi connectivity index (χ1) is 8.20. The van der Waals surface area contributed by atoms with Crippen molar-refractivity contribution in [2.45, 2.75) is 25.3 Å². The topological polar surface area (TPSA) is 58.6 Å². The summed E-state index contributed by atoms with van der Waals surface area (Å²) >= 11 is 0. The summed E-state index contributed by atoms with van der Waals surface area (Å²) < 4.78 is 5.51. The fourth-order valence-corrected chi connectivity index (χ4v) is 2.21. The number of carbonyl (C=O) groups is 1. The molecule has 1 unspecified atom stereocenters. The predicted octanol–water partition coefficient (Wildman–Crippen LogP) is 1.75. The summed E-state index contributed by atoms with van der Waals surface area (Å²) in [6.45, 7) is 3.13. The monoisotopic (exact) mass is 235 g/mol. The quantitative estimate of drug-likeness (QED) is 0.834. The van der Waals surface area contributed by atoms with Crippen molar-refractivity contribution in [3.8, 4) is 5.75 Å². The average Bonchev–Trinajstić information content (AvgIpc) is 2.36. The molecular weight excluding hydrogens is 218 g/mol. The van der Waals surface area contributed by atoms with Gasteiger partial charge in [0.2, 0.25) is 0 Å². The van der Waals surface area contributed by atoms with Crippen LogP contribution < -0.4 is 10.1 Å². The minimum absolute atomic E-state index is 0.431. The highest BCUT2D eigenvalue weighted by atomic mass is 16.5. The molecule has 2 N–H and O–H groups in total. The van der Waals surface area contributed by atoms with Gasteiger partial charge in [-0.3, -0.25) is 5.32 Å². The molecule has 0 saturated heterocycles. The number of nitrogens with one attached hydrogen (secondary N) is 1. The molecule has 4 nitrogen and oxygen atoms in total. The molecule has 1 heterocycles. The van der Waals surface area contributed by atoms with Gasteiger partial charge in [0.15, 0.2) is 0 Å². The minimum Gasteiger partial charge on any atom is -0.493 e. The van der Waals surface area contributed by atoms with Crippen molar-refractivity contribution in [2.24, 2.45) is 0 Å². The summed E-state index contributed by atoms with van der Waals surface area (Å²) in [5.41, 5.74) is -0.266. The van der Waals surface area contributed by atoms with E-state index in [0.29, 0.717) is 25.3 Å². The van der Waals surface area contributed by atoms with E-state index in [9.17, 15) is 9.90 Å². The van der Waals surface area contributed by atoms with Crippen molar-refractivity contribution < 1.29 is 14.6 Å². The van der Waals surface area contributed by atoms with Gasteiger partial charge in [0.25, 0.3) is 0 Å². The summed E-state index contributed by atoms with van der Waals surface area (Å²) in [5, 5.41) is 12.7. The molecule has 1 aromatic rings. The molecule has 17 heavy (non-hydrogen) atoms. The van der Waals surface area contributed by atoms with Gasteiger partial charge in [-0.25, -0.2) is 4.79 Å². The fraction of sp³-hybridized carbons (Fsp3) is 0.462. The van der Waals surface area contributed by atoms with Crippen molar-refractivity contribution in [3.63, 3.8) is 0 Å². The highest BCUT2D eigenvalue weighted by molar-refractivity contribution is 5.82. The maximum atomic E-state index is 11.6. The van der Waals surface area contributed by atoms with Gasteiger partial charge in [-0.15, -0.1) is 0 Å². The lowest BCUT2D eigenvalue weighted by Gasteiger charge is -2.36. The lowest BCUT2D eigenvalue weighted by Crippen LogP contribution is -2.52. The smallest absolute Gasteiger partial charge is 0.328 e. The number of rotatable bonds is 4. The second-order valence-electron chi connectivity index (χ2n) is 4.23. The molecule has 0 saturated carbocycles. The molecule has 0 aliphatic carbocycles. The number of para-hydroxylation sites is 1. The molecule has 0 fully saturated rings. The lowest BCUT2D eigenvalue weighted by molar-refractivity contribution is -0.146. The van der Waals surface area contributed by atoms with E-state index in [4.69, 9.17) is 4.74 Å². The van der Waals surface area contributed by atoms with E-state index < -0.39 is 11.5 Å². The van der Waals surface area contributed by atoms with Crippen molar-refractivity contribution in [1.29, 1.82) is 0 Å². The first-order valence-electron chi connectivity index (χ1n) is 5.91. The zero-order valence-corrected chi connectivity index (χ0v) is 9.90. The summed E-state index contributed by atoms with van der Waals surface area (Å²) in [7, 11) is 0. The van der Waals surface area contributed by atoms with Gasteiger partial charge >= 0.3 is 5.97 Å². The van der Waals surface area contributed by atoms with Crippen LogP contribution >= 0.6 is 0 Å². The molecule has 92 valence electrons. The molecule has 0 aromatic heterocycles. The van der Waals surface area contributed by atoms with Gasteiger partial charge in [0, 0.05) is 12.0 Å². The lowest BCUT2D eigenvalue weighted by atomic mass is 9.84. The van der Waals surface area contributed by atoms with Crippen LogP contribution in [-0.4, -0.2) is 24.2 Å². The van der Waals surface area contributed by atoms with Crippen molar-refractivity contribution in [2.75, 3.05) is 13.2 Å². The van der Waals surface area contributed by atoms with E-state index in [-0.39, 0.29) is 0 Å². The molecule has 0 bridgehead atoms. The summed E-state index contributed by atoms with van der Waals surface area (Å²) in [6, 6.07) is 7.35. The van der Waals surface area contributed by atoms with Crippen LogP contribution in [0.2, 0.25) is 0 Å². The zero-order chi connectivity index (χ0) is 12.3. The first-order valence-corrected chi connectivity index (χ1v) is 5.91. The van der Waals surface area contributed by atoms with E-state index in [1.807, 2.05) is 31.2 Å². The van der Waals surface area contributed by atoms with Crippen molar-refractivity contribution in [1.82, 2.24) is 5.32 Å². The van der Waals surface area contributed by atoms with Crippen molar-refractivity contribution >= 4 is 5.97 Å². The standard InChI is InChI=1S/C13H17NO3/c1-2-8-14-13(12(15)16)7-9-17-11-6-4-3-5-10(11)13/h3-6,14H,2,7-9H2,1H3,(H,15,16). The van der Waals surface area contributed by atoms with Crippen LogP contribution in [0.25, 0.3) is 0 Å². The van der Waals surface area contributed by atoms with Crippen LogP contribution in [0.5, 0.6) is 5.75 Å². The Morgan fingerprint density at radius 2 is 2.29 bits per heavy atom. The number of benzene rings is 1. The summed E-state index contributed by atoms with van der Waals surface area (Å²) in [5.74, 6) is -0.161. The maximum Gasteiger partial charge on any atom is 0.328 e. The van der Waals surface area contributed by atoms with Crippen LogP contribution in [0, 0.1) is 0 Å². The van der Waals surface area contributed by atoms with Gasteiger partial charge in [0.05, 0.1) is 6.61 Å². The molecule has 1 aromatic carbocycles. The number of fused-ring (bicyclic) bond motifs is 1. The van der Waals surface area contributed by atoms with Gasteiger partial charge in [-0.05, 0) is 19.0 Å². The third-order valence-corrected chi connectivity index (χ3v) is 3.12. The number of ether oxygens (including phenoxy) is 1. The highest BCUT2D eigenvalue weighted by Gasteiger charge is 2.44. The Labute approximate surface area is 101 Å². The molecule has 2 rings (SSSR count). The normalized spacial score (nSPS) is 22.6. The minimum atomic E-state index is -0.995. The number of carboxylic acids is 1. The first kappa shape index (κ1) is 11.9. The highest BCUT2D eigenvalue weighted by Crippen LogP contribution is 2.37. The van der Waals surface area contributed by atoms with E-state index >= 15 is 0 Å². The molecule has 1 atom stereocenters. The summed E-state index contributed by atoms with van der Waals surface area (Å²) in [6.07, 6.45) is 1.36. The largest absolute Gasteiger partial charge is 0.493 e. The number of carboxylic acid groups (broad SMARTS) is 1. The Morgan fingerprint density at radius 3 is 3.00 bits per heavy atom. The Balaban J connectivity index is 2.43. The van der Waals surface area contributed by atoms with E-state index in [0.717, 1.165) is 12.0 Å². The Hall–Kier alpha value is -1.55. The van der Waals surface area contributed by atoms with Crippen LogP contribution in [0.4, 0.5) is 0 Å². The third-order valence-electron chi connectivity index (χ3n) is 3.12. The zero-order valence-electron chi connectivity index (χ0n) is 9.90. The molecular formula is C13H17NO3. The summed E-state index contributed by atoms with van der Waals surface area (Å²) in [4.78, 5) is 11.6. The van der Waals surface area contributed by atoms with Crippen LogP contribution in [0.1, 0.15) is 25.3 Å². The van der Waals surface area contributed by atoms with Crippen LogP contribution in [-0.2, 0) is 10.3 Å². The Kier molecular flexibility index (Phi) is 3.33. The second kappa shape index (κ2) is 4.75. The predicted molar refractivity (Wildman–Crippen MR) is 64.2 cm³/mol. The number of hydrogen-bond acceptors (Lipinski definition) is 3. The Bertz CT molecular complexity index is 419. The maximum absolute atomic E-state index is 11.6. The number of hydrogen-bond donors (Lipinski definition) is 2. The van der Waals surface area contributed by atoms with Gasteiger partial charge < -0.3 is 9.84 Å². The van der Waals surface area contributed by atoms with Crippen molar-refractivity contribution in [3.05, 3.63) is 29.8 Å². The number of aliphatic carboxylic acids is 1. The molecule has 1 aliphatic heterocycles. The second-order valence-corrected chi connectivity index (χ2v) is 4.23. The fourth-order valence-electron chi connectivity index (χ4n) is 2.21. The molecule has 0 amide bonds. The van der Waals surface area contributed by atoms with Crippen LogP contribution in [0.3, 0.4) is 0 Å². The average molecular weight is 235 g/mol. The van der Waals surface area contributed by atoms with Gasteiger partial charge in [-0.1, -0.05) is 25.1 Å². The molecule has 0 radical (unpaired) electrons. The SMILES string of the molecule is CCCNC1(C(=O)O)CCOc2ccccc21. The van der Waals surface area contributed by atoms with E-state index in [1.165, 1.54) is 0 Å². The van der Waals surface area contributed by atoms with E-state index in [2.05, 4.69) is 5.32 Å². The Morgan fingerprint density at radius 1 is 1.53 bits per heavy atom. The van der Waals surface area contributed by atoms with E-state index in [1.54, 1.807) is 0 Å². The third kappa shape index (κ3) is 2.00. The molecule has 0 spiro atoms. The van der Waals surface area contributed by atoms with Gasteiger partial charge in [-0.2, -0.15) is 0 Å². The van der Waals surface area contributed by atoms with Gasteiger partial charge in [0.1, 0.15) is 11.3 Å². The van der Waals surface area contributed by atoms with Crippen LogP contribution in [0.15, 0.2) is 24.3 Å².